The van der Waals surface area contributed by atoms with E-state index >= 15 is 0 Å². The number of ether oxygens (including phenoxy) is 2. The molecule has 1 aliphatic carbocycles. The minimum atomic E-state index is -4.86. The molecule has 0 bridgehead atoms. The van der Waals surface area contributed by atoms with E-state index in [1.54, 1.807) is 69.3 Å². The Hall–Kier alpha value is -3.70. The summed E-state index contributed by atoms with van der Waals surface area (Å²) in [7, 11) is -4.57. The Bertz CT molecular complexity index is 1600. The van der Waals surface area contributed by atoms with Crippen LogP contribution < -0.4 is 4.74 Å². The Morgan fingerprint density at radius 1 is 0.977 bits per heavy atom. The number of benzene rings is 3. The van der Waals surface area contributed by atoms with Gasteiger partial charge in [0.2, 0.25) is 10.0 Å². The van der Waals surface area contributed by atoms with E-state index < -0.39 is 50.1 Å². The molecule has 1 atom stereocenters. The average Bonchev–Trinajstić information content (AvgIpc) is 2.93. The fraction of sp³-hybridized carbons (Fsp3) is 0.375. The molecule has 0 amide bonds. The van der Waals surface area contributed by atoms with E-state index in [9.17, 15) is 31.2 Å². The summed E-state index contributed by atoms with van der Waals surface area (Å²) in [5, 5.41) is 0. The Morgan fingerprint density at radius 2 is 1.67 bits per heavy atom. The van der Waals surface area contributed by atoms with Gasteiger partial charge in [-0.05, 0) is 87.9 Å². The molecule has 230 valence electrons. The van der Waals surface area contributed by atoms with Crippen molar-refractivity contribution in [2.45, 2.75) is 76.2 Å². The molecule has 0 fully saturated rings. The van der Waals surface area contributed by atoms with Crippen molar-refractivity contribution >= 4 is 21.8 Å². The van der Waals surface area contributed by atoms with Crippen LogP contribution in [0.5, 0.6) is 5.75 Å². The van der Waals surface area contributed by atoms with Gasteiger partial charge < -0.3 is 9.47 Å². The number of alkyl halides is 3. The van der Waals surface area contributed by atoms with Crippen LogP contribution in [0.3, 0.4) is 0 Å². The van der Waals surface area contributed by atoms with E-state index in [4.69, 9.17) is 9.47 Å². The molecule has 0 aliphatic heterocycles. The lowest BCUT2D eigenvalue weighted by Crippen LogP contribution is -2.36. The maximum atomic E-state index is 14.3. The summed E-state index contributed by atoms with van der Waals surface area (Å²) in [6.45, 7) is 5.84. The molecule has 1 aliphatic rings. The van der Waals surface area contributed by atoms with Gasteiger partial charge in [-0.2, -0.15) is 17.5 Å². The van der Waals surface area contributed by atoms with Gasteiger partial charge in [-0.3, -0.25) is 4.79 Å². The van der Waals surface area contributed by atoms with E-state index in [1.165, 1.54) is 4.31 Å². The average molecular weight is 618 g/mol. The van der Waals surface area contributed by atoms with Crippen molar-refractivity contribution in [3.05, 3.63) is 94.5 Å². The number of carbonyl (C=O) groups is 2. The van der Waals surface area contributed by atoms with E-state index in [0.29, 0.717) is 53.8 Å². The number of fused-ring (bicyclic) bond motifs is 1. The van der Waals surface area contributed by atoms with Gasteiger partial charge in [-0.25, -0.2) is 13.2 Å². The van der Waals surface area contributed by atoms with E-state index in [0.717, 1.165) is 13.0 Å². The van der Waals surface area contributed by atoms with Crippen LogP contribution >= 0.6 is 0 Å². The smallest absolute Gasteiger partial charge is 0.416 e. The molecule has 0 heterocycles. The number of hydrogen-bond acceptors (Lipinski definition) is 6. The van der Waals surface area contributed by atoms with E-state index in [-0.39, 0.29) is 18.7 Å². The number of sulfonamides is 1. The number of nitrogens with zero attached hydrogens (tertiary/aromatic N) is 1. The Kier molecular flexibility index (Phi) is 9.36. The van der Waals surface area contributed by atoms with Crippen molar-refractivity contribution in [3.63, 3.8) is 0 Å². The number of carbonyl (C=O) groups excluding carboxylic acids is 2. The summed E-state index contributed by atoms with van der Waals surface area (Å²) in [5.41, 5.74) is -0.292. The van der Waals surface area contributed by atoms with Crippen LogP contribution in [0.2, 0.25) is 0 Å². The van der Waals surface area contributed by atoms with Gasteiger partial charge >= 0.3 is 12.1 Å². The fourth-order valence-corrected chi connectivity index (χ4v) is 6.80. The summed E-state index contributed by atoms with van der Waals surface area (Å²) in [4.78, 5) is 23.8. The molecular weight excluding hydrogens is 583 g/mol. The highest BCUT2D eigenvalue weighted by atomic mass is 32.2. The summed E-state index contributed by atoms with van der Waals surface area (Å²) >= 11 is 0. The molecule has 0 saturated heterocycles. The lowest BCUT2D eigenvalue weighted by Gasteiger charge is -2.36. The van der Waals surface area contributed by atoms with Crippen molar-refractivity contribution in [1.29, 1.82) is 0 Å². The number of halogens is 3. The predicted molar refractivity (Wildman–Crippen MR) is 154 cm³/mol. The van der Waals surface area contributed by atoms with Crippen LogP contribution in [-0.4, -0.2) is 36.7 Å². The van der Waals surface area contributed by atoms with Crippen molar-refractivity contribution < 1.29 is 40.7 Å². The van der Waals surface area contributed by atoms with Gasteiger partial charge in [0.15, 0.2) is 12.4 Å². The number of Topliss-reactive ketones (excluding diaryl/α,β-unsaturated/α-hetero) is 1. The summed E-state index contributed by atoms with van der Waals surface area (Å²) in [5.74, 6) is -0.841. The van der Waals surface area contributed by atoms with Gasteiger partial charge in [-0.15, -0.1) is 0 Å². The van der Waals surface area contributed by atoms with Crippen LogP contribution in [0.1, 0.15) is 79.2 Å². The first-order valence-corrected chi connectivity index (χ1v) is 15.3. The Morgan fingerprint density at radius 3 is 2.30 bits per heavy atom. The van der Waals surface area contributed by atoms with Crippen LogP contribution in [0.4, 0.5) is 13.2 Å². The van der Waals surface area contributed by atoms with Crippen molar-refractivity contribution in [2.24, 2.45) is 0 Å². The van der Waals surface area contributed by atoms with Gasteiger partial charge in [0, 0.05) is 12.1 Å². The van der Waals surface area contributed by atoms with Crippen LogP contribution in [0.15, 0.2) is 71.6 Å². The highest BCUT2D eigenvalue weighted by Gasteiger charge is 2.39. The first kappa shape index (κ1) is 32.2. The molecule has 0 unspecified atom stereocenters. The molecule has 0 N–H and O–H groups in total. The molecule has 0 radical (unpaired) electrons. The fourth-order valence-electron chi connectivity index (χ4n) is 5.11. The maximum Gasteiger partial charge on any atom is 0.416 e. The van der Waals surface area contributed by atoms with Crippen LogP contribution in [-0.2, 0) is 38.7 Å². The third kappa shape index (κ3) is 7.83. The SMILES string of the molecule is CC(=O)c1cc(C(F)(F)F)cc(S(=O)(=O)N(Cc2ccccc2)[C@@H]2CCCc3c(OCC(=O)OC(C)(C)C)cccc32)c1. The molecular formula is C32H34F3NO6S. The third-order valence-electron chi connectivity index (χ3n) is 6.97. The van der Waals surface area contributed by atoms with Crippen molar-refractivity contribution in [3.8, 4) is 5.75 Å². The van der Waals surface area contributed by atoms with Gasteiger partial charge in [0.25, 0.3) is 0 Å². The molecule has 0 aromatic heterocycles. The highest BCUT2D eigenvalue weighted by molar-refractivity contribution is 7.89. The molecule has 3 aromatic rings. The lowest BCUT2D eigenvalue weighted by atomic mass is 9.87. The number of ketones is 1. The molecule has 11 heteroatoms. The standard InChI is InChI=1S/C32H34F3NO6S/c1-21(37)23-16-24(32(33,34)35)18-25(17-23)43(39,40)36(19-22-10-6-5-7-11-22)28-14-8-13-27-26(28)12-9-15-29(27)41-20-30(38)42-31(2,3)4/h5-7,9-12,15-18,28H,8,13-14,19-20H2,1-4H3/t28-/m1/s1. The summed E-state index contributed by atoms with van der Waals surface area (Å²) < 4.78 is 82.3. The Balaban J connectivity index is 1.79. The van der Waals surface area contributed by atoms with Crippen LogP contribution in [0.25, 0.3) is 0 Å². The molecule has 7 nitrogen and oxygen atoms in total. The first-order chi connectivity index (χ1) is 20.1. The quantitative estimate of drug-likeness (QED) is 0.192. The predicted octanol–water partition coefficient (Wildman–Crippen LogP) is 6.90. The second-order valence-electron chi connectivity index (χ2n) is 11.4. The van der Waals surface area contributed by atoms with E-state index in [2.05, 4.69) is 0 Å². The minimum Gasteiger partial charge on any atom is -0.482 e. The highest BCUT2D eigenvalue weighted by Crippen LogP contribution is 2.42. The molecule has 43 heavy (non-hydrogen) atoms. The first-order valence-electron chi connectivity index (χ1n) is 13.8. The normalized spacial score (nSPS) is 15.6. The number of hydrogen-bond donors (Lipinski definition) is 0. The summed E-state index contributed by atoms with van der Waals surface area (Å²) in [6, 6.07) is 15.4. The zero-order valence-electron chi connectivity index (χ0n) is 24.4. The molecule has 0 saturated carbocycles. The van der Waals surface area contributed by atoms with Crippen molar-refractivity contribution in [2.75, 3.05) is 6.61 Å². The second-order valence-corrected chi connectivity index (χ2v) is 13.3. The molecule has 0 spiro atoms. The largest absolute Gasteiger partial charge is 0.482 e. The van der Waals surface area contributed by atoms with E-state index in [1.807, 2.05) is 0 Å². The third-order valence-corrected chi connectivity index (χ3v) is 8.81. The molecule has 4 rings (SSSR count). The van der Waals surface area contributed by atoms with Gasteiger partial charge in [0.05, 0.1) is 16.5 Å². The molecule has 3 aromatic carbocycles. The topological polar surface area (TPSA) is 90.0 Å². The second kappa shape index (κ2) is 12.5. The zero-order chi connectivity index (χ0) is 31.6. The van der Waals surface area contributed by atoms with Crippen LogP contribution in [0, 0.1) is 0 Å². The summed E-state index contributed by atoms with van der Waals surface area (Å²) in [6.07, 6.45) is -3.36. The Labute approximate surface area is 249 Å². The maximum absolute atomic E-state index is 14.3. The van der Waals surface area contributed by atoms with Crippen molar-refractivity contribution in [1.82, 2.24) is 4.31 Å². The zero-order valence-corrected chi connectivity index (χ0v) is 25.2. The number of esters is 1. The van der Waals surface area contributed by atoms with Gasteiger partial charge in [0.1, 0.15) is 11.4 Å². The monoisotopic (exact) mass is 617 g/mol. The number of rotatable bonds is 9. The van der Waals surface area contributed by atoms with Gasteiger partial charge in [-0.1, -0.05) is 42.5 Å². The minimum absolute atomic E-state index is 0.123. The lowest BCUT2D eigenvalue weighted by molar-refractivity contribution is -0.157.